The third kappa shape index (κ3) is 3.78. The summed E-state index contributed by atoms with van der Waals surface area (Å²) in [6.45, 7) is 5.12. The third-order valence-corrected chi connectivity index (χ3v) is 4.52. The minimum Gasteiger partial charge on any atom is -0.379 e. The molecule has 0 aliphatic carbocycles. The molecule has 2 aliphatic heterocycles. The molecule has 0 bridgehead atoms. The molecule has 0 spiro atoms. The number of ether oxygens (including phenoxy) is 2. The molecular formula is C9H16FN3O3S. The molecule has 6 nitrogen and oxygen atoms in total. The maximum atomic E-state index is 12.5. The average molecular weight is 265 g/mol. The van der Waals surface area contributed by atoms with Crippen LogP contribution in [-0.2, 0) is 20.5 Å². The van der Waals surface area contributed by atoms with E-state index in [2.05, 4.69) is 4.36 Å². The quantitative estimate of drug-likeness (QED) is 0.533. The molecule has 2 heterocycles. The van der Waals surface area contributed by atoms with Gasteiger partial charge in [-0.05, 0) is 0 Å². The van der Waals surface area contributed by atoms with Crippen molar-refractivity contribution in [2.45, 2.75) is 0 Å². The number of carbonyl (C=O) groups is 1. The molecule has 0 atom stereocenters. The molecule has 2 aliphatic rings. The monoisotopic (exact) mass is 265 g/mol. The molecule has 0 aromatic heterocycles. The van der Waals surface area contributed by atoms with Gasteiger partial charge in [-0.15, -0.1) is 8.75 Å². The van der Waals surface area contributed by atoms with Gasteiger partial charge in [0.05, 0.1) is 37.5 Å². The minimum absolute atomic E-state index is 0.601. The van der Waals surface area contributed by atoms with Crippen LogP contribution in [0.15, 0.2) is 4.36 Å². The smallest absolute Gasteiger partial charge is 0.379 e. The first kappa shape index (κ1) is 13.0. The first-order chi connectivity index (χ1) is 8.27. The van der Waals surface area contributed by atoms with Crippen LogP contribution in [0.2, 0.25) is 0 Å². The summed E-state index contributed by atoms with van der Waals surface area (Å²) in [5.74, 6) is 0. The van der Waals surface area contributed by atoms with Crippen LogP contribution in [0.5, 0.6) is 0 Å². The van der Waals surface area contributed by atoms with Crippen LogP contribution in [0.3, 0.4) is 0 Å². The van der Waals surface area contributed by atoms with Gasteiger partial charge in [-0.2, -0.15) is 0 Å². The summed E-state index contributed by atoms with van der Waals surface area (Å²) in [5.41, 5.74) is 0. The van der Waals surface area contributed by atoms with Crippen molar-refractivity contribution in [1.82, 2.24) is 8.61 Å². The van der Waals surface area contributed by atoms with Gasteiger partial charge in [0.15, 0.2) is 0 Å². The van der Waals surface area contributed by atoms with E-state index in [-0.39, 0.29) is 0 Å². The lowest BCUT2D eigenvalue weighted by molar-refractivity contribution is 0.0619. The molecule has 0 radical (unpaired) electrons. The van der Waals surface area contributed by atoms with Crippen molar-refractivity contribution in [3.8, 4) is 0 Å². The summed E-state index contributed by atoms with van der Waals surface area (Å²) in [6, 6.07) is 0. The molecule has 0 aromatic carbocycles. The van der Waals surface area contributed by atoms with Gasteiger partial charge in [0.25, 0.3) is 0 Å². The molecule has 0 aromatic rings. The fraction of sp³-hybridized carbons (Fsp3) is 0.889. The third-order valence-electron chi connectivity index (χ3n) is 2.56. The molecule has 0 unspecified atom stereocenters. The van der Waals surface area contributed by atoms with Gasteiger partial charge in [-0.25, -0.2) is 13.4 Å². The molecule has 0 N–H and O–H groups in total. The maximum Gasteiger partial charge on any atom is 0.432 e. The van der Waals surface area contributed by atoms with E-state index in [0.29, 0.717) is 52.6 Å². The molecule has 2 rings (SSSR count). The average Bonchev–Trinajstić information content (AvgIpc) is 2.38. The molecule has 0 saturated carbocycles. The molecule has 8 heteroatoms. The van der Waals surface area contributed by atoms with Crippen molar-refractivity contribution in [3.63, 3.8) is 0 Å². The zero-order chi connectivity index (χ0) is 12.1. The highest BCUT2D eigenvalue weighted by Crippen LogP contribution is 2.12. The fourth-order valence-electron chi connectivity index (χ4n) is 1.76. The second kappa shape index (κ2) is 6.50. The van der Waals surface area contributed by atoms with Crippen molar-refractivity contribution in [2.24, 2.45) is 4.36 Å². The summed E-state index contributed by atoms with van der Waals surface area (Å²) in [4.78, 5) is 10.6. The highest BCUT2D eigenvalue weighted by atomic mass is 32.2. The van der Waals surface area contributed by atoms with Crippen LogP contribution in [0.1, 0.15) is 0 Å². The molecule has 17 heavy (non-hydrogen) atoms. The van der Waals surface area contributed by atoms with Crippen molar-refractivity contribution in [2.75, 3.05) is 52.6 Å². The van der Waals surface area contributed by atoms with Crippen molar-refractivity contribution >= 4 is 17.2 Å². The van der Waals surface area contributed by atoms with Crippen molar-refractivity contribution in [3.05, 3.63) is 0 Å². The predicted molar refractivity (Wildman–Crippen MR) is 61.1 cm³/mol. The van der Waals surface area contributed by atoms with E-state index in [1.54, 1.807) is 0 Å². The number of amides is 1. The number of hydrogen-bond donors (Lipinski definition) is 0. The highest BCUT2D eigenvalue weighted by molar-refractivity contribution is 7.82. The Bertz CT molecular complexity index is 284. The predicted octanol–water partition coefficient (Wildman–Crippen LogP) is 0.372. The molecular weight excluding hydrogens is 249 g/mol. The molecule has 1 amide bonds. The van der Waals surface area contributed by atoms with E-state index >= 15 is 0 Å². The zero-order valence-corrected chi connectivity index (χ0v) is 10.3. The lowest BCUT2D eigenvalue weighted by Gasteiger charge is -2.35. The maximum absolute atomic E-state index is 12.5. The van der Waals surface area contributed by atoms with Crippen LogP contribution >= 0.6 is 0 Å². The number of rotatable bonds is 2. The van der Waals surface area contributed by atoms with Crippen molar-refractivity contribution in [1.29, 1.82) is 0 Å². The Morgan fingerprint density at radius 2 is 1.41 bits per heavy atom. The molecule has 98 valence electrons. The van der Waals surface area contributed by atoms with Crippen LogP contribution in [0.25, 0.3) is 0 Å². The second-order valence-electron chi connectivity index (χ2n) is 3.67. The Morgan fingerprint density at radius 3 is 1.76 bits per heavy atom. The lowest BCUT2D eigenvalue weighted by atomic mass is 10.5. The number of morpholine rings is 2. The van der Waals surface area contributed by atoms with Gasteiger partial charge in [0.1, 0.15) is 0 Å². The molecule has 2 saturated heterocycles. The number of hydrogen-bond acceptors (Lipinski definition) is 3. The summed E-state index contributed by atoms with van der Waals surface area (Å²) in [7, 11) is 0. The number of carbonyl (C=O) groups excluding carboxylic acids is 1. The zero-order valence-electron chi connectivity index (χ0n) is 9.51. The Balaban J connectivity index is 2.08. The van der Waals surface area contributed by atoms with E-state index in [1.807, 2.05) is 8.61 Å². The first-order valence-corrected chi connectivity index (χ1v) is 6.68. The minimum atomic E-state index is -1.61. The Kier molecular flexibility index (Phi) is 4.99. The van der Waals surface area contributed by atoms with E-state index in [0.717, 1.165) is 0 Å². The topological polar surface area (TPSA) is 54.4 Å². The van der Waals surface area contributed by atoms with E-state index in [1.165, 1.54) is 0 Å². The van der Waals surface area contributed by atoms with Gasteiger partial charge < -0.3 is 9.47 Å². The van der Waals surface area contributed by atoms with Crippen LogP contribution < -0.4 is 0 Å². The SMILES string of the molecule is O=C(F)N=S(N1CCOCC1)N1CCOCC1. The van der Waals surface area contributed by atoms with Gasteiger partial charge in [-0.3, -0.25) is 0 Å². The summed E-state index contributed by atoms with van der Waals surface area (Å²) in [6.07, 6.45) is -1.61. The fourth-order valence-corrected chi connectivity index (χ4v) is 3.40. The normalized spacial score (nSPS) is 23.9. The summed E-state index contributed by atoms with van der Waals surface area (Å²) in [5, 5.41) is 0. The van der Waals surface area contributed by atoms with Crippen LogP contribution in [0.4, 0.5) is 9.18 Å². The second-order valence-corrected chi connectivity index (χ2v) is 5.38. The number of halogens is 1. The highest BCUT2D eigenvalue weighted by Gasteiger charge is 2.24. The first-order valence-electron chi connectivity index (χ1n) is 5.58. The Labute approximate surface area is 102 Å². The van der Waals surface area contributed by atoms with Crippen LogP contribution in [-0.4, -0.2) is 67.4 Å². The van der Waals surface area contributed by atoms with E-state index < -0.39 is 17.2 Å². The summed E-state index contributed by atoms with van der Waals surface area (Å²) < 4.78 is 30.6. The summed E-state index contributed by atoms with van der Waals surface area (Å²) >= 11 is -0.820. The Morgan fingerprint density at radius 1 is 1.00 bits per heavy atom. The largest absolute Gasteiger partial charge is 0.432 e. The van der Waals surface area contributed by atoms with Gasteiger partial charge in [-0.1, -0.05) is 0 Å². The van der Waals surface area contributed by atoms with Gasteiger partial charge in [0.2, 0.25) is 0 Å². The van der Waals surface area contributed by atoms with Gasteiger partial charge in [0, 0.05) is 26.2 Å². The van der Waals surface area contributed by atoms with Crippen molar-refractivity contribution < 1.29 is 18.7 Å². The van der Waals surface area contributed by atoms with E-state index in [9.17, 15) is 9.18 Å². The van der Waals surface area contributed by atoms with E-state index in [4.69, 9.17) is 9.47 Å². The van der Waals surface area contributed by atoms with Crippen LogP contribution in [0, 0.1) is 0 Å². The standard InChI is InChI=1S/C9H16FN3O3S/c10-9(14)11-17(12-1-5-15-6-2-12)13-3-7-16-8-4-13/h1-8H2. The Hall–Kier alpha value is -0.410. The van der Waals surface area contributed by atoms with Gasteiger partial charge >= 0.3 is 6.16 Å². The number of nitrogens with zero attached hydrogens (tertiary/aromatic N) is 3. The lowest BCUT2D eigenvalue weighted by Crippen LogP contribution is -2.48. The molecule has 2 fully saturated rings.